The lowest BCUT2D eigenvalue weighted by molar-refractivity contribution is 0.490. The van der Waals surface area contributed by atoms with Crippen molar-refractivity contribution >= 4 is 11.4 Å². The van der Waals surface area contributed by atoms with Crippen LogP contribution in [0.25, 0.3) is 0 Å². The van der Waals surface area contributed by atoms with Gasteiger partial charge in [-0.2, -0.15) is 0 Å². The minimum Gasteiger partial charge on any atom is -0.399 e. The van der Waals surface area contributed by atoms with Crippen LogP contribution < -0.4 is 10.6 Å². The van der Waals surface area contributed by atoms with Gasteiger partial charge in [0, 0.05) is 29.4 Å². The molecule has 0 spiro atoms. The summed E-state index contributed by atoms with van der Waals surface area (Å²) in [6.07, 6.45) is 1.15. The molecule has 0 aromatic heterocycles. The van der Waals surface area contributed by atoms with Crippen molar-refractivity contribution in [2.24, 2.45) is 0 Å². The van der Waals surface area contributed by atoms with E-state index in [0.717, 1.165) is 18.7 Å². The Kier molecular flexibility index (Phi) is 3.40. The first kappa shape index (κ1) is 14.0. The third kappa shape index (κ3) is 2.63. The number of benzene rings is 2. The molecule has 1 aliphatic rings. The van der Waals surface area contributed by atoms with Crippen molar-refractivity contribution in [2.75, 3.05) is 17.2 Å². The molecule has 0 bridgehead atoms. The monoisotopic (exact) mass is 280 g/mol. The van der Waals surface area contributed by atoms with Gasteiger partial charge in [0.15, 0.2) is 0 Å². The molecule has 0 amide bonds. The largest absolute Gasteiger partial charge is 0.399 e. The van der Waals surface area contributed by atoms with E-state index in [-0.39, 0.29) is 5.41 Å². The maximum atomic E-state index is 5.81. The van der Waals surface area contributed by atoms with Gasteiger partial charge in [-0.05, 0) is 42.7 Å². The van der Waals surface area contributed by atoms with Crippen LogP contribution in [0.4, 0.5) is 11.4 Å². The van der Waals surface area contributed by atoms with E-state index in [9.17, 15) is 0 Å². The second-order valence-corrected chi connectivity index (χ2v) is 6.82. The van der Waals surface area contributed by atoms with Gasteiger partial charge in [-0.3, -0.25) is 0 Å². The highest BCUT2D eigenvalue weighted by Crippen LogP contribution is 2.35. The summed E-state index contributed by atoms with van der Waals surface area (Å²) in [5.41, 5.74) is 10.9. The van der Waals surface area contributed by atoms with E-state index in [1.54, 1.807) is 0 Å². The Morgan fingerprint density at radius 1 is 1.10 bits per heavy atom. The number of hydrogen-bond donors (Lipinski definition) is 1. The molecular weight excluding hydrogens is 256 g/mol. The molecule has 2 aromatic rings. The van der Waals surface area contributed by atoms with Crippen molar-refractivity contribution in [3.05, 3.63) is 59.7 Å². The lowest BCUT2D eigenvalue weighted by atomic mass is 9.83. The van der Waals surface area contributed by atoms with Crippen LogP contribution in [0.15, 0.2) is 48.5 Å². The number of hydrogen-bond acceptors (Lipinski definition) is 2. The zero-order chi connectivity index (χ0) is 15.0. The highest BCUT2D eigenvalue weighted by atomic mass is 15.2. The molecule has 21 heavy (non-hydrogen) atoms. The van der Waals surface area contributed by atoms with Gasteiger partial charge in [-0.1, -0.05) is 44.2 Å². The summed E-state index contributed by atoms with van der Waals surface area (Å²) < 4.78 is 0. The van der Waals surface area contributed by atoms with Crippen LogP contribution in [0.3, 0.4) is 0 Å². The molecule has 2 nitrogen and oxygen atoms in total. The normalized spacial score (nSPS) is 17.9. The number of anilines is 2. The van der Waals surface area contributed by atoms with E-state index >= 15 is 0 Å². The minimum absolute atomic E-state index is 0.0966. The zero-order valence-corrected chi connectivity index (χ0v) is 13.1. The zero-order valence-electron chi connectivity index (χ0n) is 13.1. The molecule has 2 aromatic carbocycles. The summed E-state index contributed by atoms with van der Waals surface area (Å²) >= 11 is 0. The van der Waals surface area contributed by atoms with Gasteiger partial charge < -0.3 is 10.6 Å². The molecule has 3 rings (SSSR count). The van der Waals surface area contributed by atoms with E-state index in [1.165, 1.54) is 16.8 Å². The van der Waals surface area contributed by atoms with Crippen molar-refractivity contribution in [3.63, 3.8) is 0 Å². The van der Waals surface area contributed by atoms with Crippen LogP contribution >= 0.6 is 0 Å². The highest BCUT2D eigenvalue weighted by Gasteiger charge is 2.31. The molecule has 0 saturated heterocycles. The fourth-order valence-electron chi connectivity index (χ4n) is 3.32. The number of para-hydroxylation sites is 1. The van der Waals surface area contributed by atoms with Gasteiger partial charge in [0.1, 0.15) is 0 Å². The third-order valence-corrected chi connectivity index (χ3v) is 4.61. The van der Waals surface area contributed by atoms with Crippen LogP contribution in [-0.2, 0) is 11.8 Å². The maximum absolute atomic E-state index is 5.81. The maximum Gasteiger partial charge on any atom is 0.0402 e. The average Bonchev–Trinajstić information content (AvgIpc) is 2.75. The molecule has 1 aliphatic heterocycles. The summed E-state index contributed by atoms with van der Waals surface area (Å²) in [5.74, 6) is 0. The number of fused-ring (bicyclic) bond motifs is 1. The number of rotatable bonds is 3. The molecule has 1 unspecified atom stereocenters. The van der Waals surface area contributed by atoms with Crippen LogP contribution in [0, 0.1) is 0 Å². The van der Waals surface area contributed by atoms with Crippen molar-refractivity contribution in [1.82, 2.24) is 0 Å². The average molecular weight is 280 g/mol. The summed E-state index contributed by atoms with van der Waals surface area (Å²) in [7, 11) is 0. The summed E-state index contributed by atoms with van der Waals surface area (Å²) in [4.78, 5) is 2.55. The van der Waals surface area contributed by atoms with E-state index in [1.807, 2.05) is 12.1 Å². The van der Waals surface area contributed by atoms with Crippen LogP contribution in [0.1, 0.15) is 31.9 Å². The minimum atomic E-state index is 0.0966. The number of nitrogen functional groups attached to an aromatic ring is 1. The van der Waals surface area contributed by atoms with Crippen LogP contribution in [0.2, 0.25) is 0 Å². The number of nitrogens with two attached hydrogens (primary N) is 1. The first-order valence-electron chi connectivity index (χ1n) is 7.68. The predicted octanol–water partition coefficient (Wildman–Crippen LogP) is 4.00. The first-order valence-corrected chi connectivity index (χ1v) is 7.68. The standard InChI is InChI=1S/C19H24N2/c1-14-12-15-6-4-5-7-18(15)21(14)13-19(2,3)16-8-10-17(20)11-9-16/h4-11,14H,12-13,20H2,1-3H3. The van der Waals surface area contributed by atoms with Gasteiger partial charge in [0.25, 0.3) is 0 Å². The quantitative estimate of drug-likeness (QED) is 0.861. The molecular formula is C19H24N2. The fraction of sp³-hybridized carbons (Fsp3) is 0.368. The lowest BCUT2D eigenvalue weighted by Gasteiger charge is -2.35. The highest BCUT2D eigenvalue weighted by molar-refractivity contribution is 5.59. The second kappa shape index (κ2) is 5.10. The van der Waals surface area contributed by atoms with Crippen molar-refractivity contribution in [1.29, 1.82) is 0 Å². The van der Waals surface area contributed by atoms with Gasteiger partial charge >= 0.3 is 0 Å². The Morgan fingerprint density at radius 2 is 1.76 bits per heavy atom. The summed E-state index contributed by atoms with van der Waals surface area (Å²) in [6, 6.07) is 17.6. The van der Waals surface area contributed by atoms with Gasteiger partial charge in [-0.25, -0.2) is 0 Å². The third-order valence-electron chi connectivity index (χ3n) is 4.61. The van der Waals surface area contributed by atoms with Crippen LogP contribution in [-0.4, -0.2) is 12.6 Å². The molecule has 110 valence electrons. The molecule has 1 atom stereocenters. The second-order valence-electron chi connectivity index (χ2n) is 6.82. The Morgan fingerprint density at radius 3 is 2.48 bits per heavy atom. The van der Waals surface area contributed by atoms with E-state index < -0.39 is 0 Å². The van der Waals surface area contributed by atoms with E-state index in [0.29, 0.717) is 6.04 Å². The summed E-state index contributed by atoms with van der Waals surface area (Å²) in [5, 5.41) is 0. The Labute approximate surface area is 127 Å². The van der Waals surface area contributed by atoms with Crippen LogP contribution in [0.5, 0.6) is 0 Å². The van der Waals surface area contributed by atoms with Gasteiger partial charge in [-0.15, -0.1) is 0 Å². The van der Waals surface area contributed by atoms with Gasteiger partial charge in [0.2, 0.25) is 0 Å². The molecule has 2 N–H and O–H groups in total. The SMILES string of the molecule is CC1Cc2ccccc2N1CC(C)(C)c1ccc(N)cc1. The molecule has 0 fully saturated rings. The predicted molar refractivity (Wildman–Crippen MR) is 90.8 cm³/mol. The molecule has 0 radical (unpaired) electrons. The number of nitrogens with zero attached hydrogens (tertiary/aromatic N) is 1. The first-order chi connectivity index (χ1) is 9.97. The van der Waals surface area contributed by atoms with Crippen molar-refractivity contribution < 1.29 is 0 Å². The Hall–Kier alpha value is -1.96. The Balaban J connectivity index is 1.87. The van der Waals surface area contributed by atoms with Crippen molar-refractivity contribution in [2.45, 2.75) is 38.6 Å². The Bertz CT molecular complexity index is 628. The summed E-state index contributed by atoms with van der Waals surface area (Å²) in [6.45, 7) is 7.96. The smallest absolute Gasteiger partial charge is 0.0402 e. The topological polar surface area (TPSA) is 29.3 Å². The fourth-order valence-corrected chi connectivity index (χ4v) is 3.32. The van der Waals surface area contributed by atoms with E-state index in [4.69, 9.17) is 5.73 Å². The van der Waals surface area contributed by atoms with Gasteiger partial charge in [0.05, 0.1) is 0 Å². The van der Waals surface area contributed by atoms with Crippen molar-refractivity contribution in [3.8, 4) is 0 Å². The molecule has 1 heterocycles. The molecule has 0 aliphatic carbocycles. The molecule has 0 saturated carbocycles. The molecule has 2 heteroatoms. The lowest BCUT2D eigenvalue weighted by Crippen LogP contribution is -2.40. The van der Waals surface area contributed by atoms with E-state index in [2.05, 4.69) is 62.1 Å².